The van der Waals surface area contributed by atoms with E-state index in [1.165, 1.54) is 12.7 Å². The molecule has 1 atom stereocenters. The van der Waals surface area contributed by atoms with Gasteiger partial charge in [0, 0.05) is 5.41 Å². The van der Waals surface area contributed by atoms with Gasteiger partial charge in [0.25, 0.3) is 0 Å². The van der Waals surface area contributed by atoms with Crippen LogP contribution in [-0.4, -0.2) is 32.6 Å². The van der Waals surface area contributed by atoms with Gasteiger partial charge in [-0.2, -0.15) is 0 Å². The summed E-state index contributed by atoms with van der Waals surface area (Å²) in [6, 6.07) is 8.34. The van der Waals surface area contributed by atoms with E-state index in [0.717, 1.165) is 18.4 Å². The van der Waals surface area contributed by atoms with Crippen molar-refractivity contribution in [2.24, 2.45) is 0 Å². The van der Waals surface area contributed by atoms with E-state index in [9.17, 15) is 4.79 Å². The Hall–Kier alpha value is -1.39. The second-order valence-corrected chi connectivity index (χ2v) is 5.89. The van der Waals surface area contributed by atoms with Crippen LogP contribution in [0.15, 0.2) is 24.3 Å². The largest absolute Gasteiger partial charge is 0.469 e. The van der Waals surface area contributed by atoms with Gasteiger partial charge in [0.2, 0.25) is 0 Å². The zero-order valence-electron chi connectivity index (χ0n) is 13.1. The van der Waals surface area contributed by atoms with Gasteiger partial charge in [-0.15, -0.1) is 0 Å². The van der Waals surface area contributed by atoms with Crippen LogP contribution >= 0.6 is 0 Å². The Morgan fingerprint density at radius 2 is 1.90 bits per heavy atom. The molecule has 1 aliphatic heterocycles. The molecule has 1 aromatic rings. The van der Waals surface area contributed by atoms with E-state index >= 15 is 0 Å². The summed E-state index contributed by atoms with van der Waals surface area (Å²) in [4.78, 5) is 11.8. The number of ether oxygens (including phenoxy) is 3. The molecule has 4 nitrogen and oxygen atoms in total. The highest BCUT2D eigenvalue weighted by Crippen LogP contribution is 2.34. The third-order valence-corrected chi connectivity index (χ3v) is 4.13. The van der Waals surface area contributed by atoms with Crippen LogP contribution in [0.3, 0.4) is 0 Å². The number of rotatable bonds is 6. The number of benzene rings is 1. The Kier molecular flexibility index (Phi) is 5.37. The molecule has 2 rings (SSSR count). The van der Waals surface area contributed by atoms with Crippen molar-refractivity contribution in [1.82, 2.24) is 0 Å². The van der Waals surface area contributed by atoms with Crippen molar-refractivity contribution in [2.45, 2.75) is 44.8 Å². The van der Waals surface area contributed by atoms with Crippen LogP contribution in [0.4, 0.5) is 0 Å². The number of methoxy groups -OCH3 is 1. The monoisotopic (exact) mass is 292 g/mol. The first kappa shape index (κ1) is 16.0. The topological polar surface area (TPSA) is 44.8 Å². The Bertz CT molecular complexity index is 462. The summed E-state index contributed by atoms with van der Waals surface area (Å²) in [7, 11) is 1.43. The lowest BCUT2D eigenvalue weighted by atomic mass is 9.75. The first-order valence-electron chi connectivity index (χ1n) is 7.41. The number of carbonyl (C=O) groups is 1. The van der Waals surface area contributed by atoms with Gasteiger partial charge >= 0.3 is 5.97 Å². The van der Waals surface area contributed by atoms with Crippen molar-refractivity contribution >= 4 is 5.97 Å². The first-order chi connectivity index (χ1) is 10.0. The molecule has 0 saturated carbocycles. The van der Waals surface area contributed by atoms with Crippen molar-refractivity contribution in [2.75, 3.05) is 20.3 Å². The molecular weight excluding hydrogens is 268 g/mol. The van der Waals surface area contributed by atoms with Crippen molar-refractivity contribution < 1.29 is 19.0 Å². The standard InChI is InChI=1S/C17H24O4/c1-13-4-6-14(7-5-13)17(2,12-15(18)19-3)9-8-16-20-10-11-21-16/h4-7,16H,8-12H2,1-3H3. The smallest absolute Gasteiger partial charge is 0.306 e. The molecule has 116 valence electrons. The lowest BCUT2D eigenvalue weighted by Gasteiger charge is -2.30. The van der Waals surface area contributed by atoms with Crippen LogP contribution in [0, 0.1) is 6.92 Å². The molecule has 1 aromatic carbocycles. The van der Waals surface area contributed by atoms with Crippen molar-refractivity contribution in [3.8, 4) is 0 Å². The minimum atomic E-state index is -0.268. The summed E-state index contributed by atoms with van der Waals surface area (Å²) in [5, 5.41) is 0. The molecule has 0 aromatic heterocycles. The highest BCUT2D eigenvalue weighted by Gasteiger charge is 2.32. The average Bonchev–Trinajstić information content (AvgIpc) is 2.99. The van der Waals surface area contributed by atoms with Gasteiger partial charge in [-0.05, 0) is 25.3 Å². The quantitative estimate of drug-likeness (QED) is 0.756. The third-order valence-electron chi connectivity index (χ3n) is 4.13. The minimum Gasteiger partial charge on any atom is -0.469 e. The Balaban J connectivity index is 2.12. The molecule has 21 heavy (non-hydrogen) atoms. The minimum absolute atomic E-state index is 0.146. The van der Waals surface area contributed by atoms with Crippen molar-refractivity contribution in [1.29, 1.82) is 0 Å². The fourth-order valence-electron chi connectivity index (χ4n) is 2.69. The molecule has 0 spiro atoms. The predicted octanol–water partition coefficient (Wildman–Crippen LogP) is 2.97. The maximum absolute atomic E-state index is 11.8. The fourth-order valence-corrected chi connectivity index (χ4v) is 2.69. The highest BCUT2D eigenvalue weighted by atomic mass is 16.7. The van der Waals surface area contributed by atoms with Crippen LogP contribution in [0.5, 0.6) is 0 Å². The normalized spacial score (nSPS) is 18.4. The molecule has 0 N–H and O–H groups in total. The van der Waals surface area contributed by atoms with Crippen LogP contribution in [0.25, 0.3) is 0 Å². The second kappa shape index (κ2) is 7.05. The molecule has 0 radical (unpaired) electrons. The lowest BCUT2D eigenvalue weighted by Crippen LogP contribution is -2.28. The van der Waals surface area contributed by atoms with Gasteiger partial charge < -0.3 is 14.2 Å². The summed E-state index contributed by atoms with van der Waals surface area (Å²) in [6.07, 6.45) is 1.81. The lowest BCUT2D eigenvalue weighted by molar-refractivity contribution is -0.142. The van der Waals surface area contributed by atoms with Crippen LogP contribution in [-0.2, 0) is 24.4 Å². The molecule has 1 unspecified atom stereocenters. The van der Waals surface area contributed by atoms with E-state index in [4.69, 9.17) is 14.2 Å². The predicted molar refractivity (Wildman–Crippen MR) is 80.1 cm³/mol. The molecule has 1 aliphatic rings. The molecular formula is C17H24O4. The van der Waals surface area contributed by atoms with E-state index in [2.05, 4.69) is 38.1 Å². The van der Waals surface area contributed by atoms with Crippen LogP contribution in [0.1, 0.15) is 37.3 Å². The molecule has 1 heterocycles. The van der Waals surface area contributed by atoms with Gasteiger partial charge in [0.1, 0.15) is 0 Å². The van der Waals surface area contributed by atoms with Gasteiger partial charge in [-0.3, -0.25) is 4.79 Å². The molecule has 1 fully saturated rings. The molecule has 0 amide bonds. The summed E-state index contributed by atoms with van der Waals surface area (Å²) in [5.74, 6) is -0.189. The van der Waals surface area contributed by atoms with Gasteiger partial charge in [-0.1, -0.05) is 36.8 Å². The summed E-state index contributed by atoms with van der Waals surface area (Å²) < 4.78 is 15.9. The number of hydrogen-bond acceptors (Lipinski definition) is 4. The Labute approximate surface area is 126 Å². The molecule has 0 bridgehead atoms. The zero-order valence-corrected chi connectivity index (χ0v) is 13.1. The maximum Gasteiger partial charge on any atom is 0.306 e. The highest BCUT2D eigenvalue weighted by molar-refractivity contribution is 5.71. The number of aryl methyl sites for hydroxylation is 1. The molecule has 0 aliphatic carbocycles. The van der Waals surface area contributed by atoms with E-state index in [1.54, 1.807) is 0 Å². The van der Waals surface area contributed by atoms with E-state index < -0.39 is 0 Å². The number of esters is 1. The fraction of sp³-hybridized carbons (Fsp3) is 0.588. The third kappa shape index (κ3) is 4.29. The average molecular weight is 292 g/mol. The summed E-state index contributed by atoms with van der Waals surface area (Å²) >= 11 is 0. The summed E-state index contributed by atoms with van der Waals surface area (Å²) in [6.45, 7) is 5.47. The van der Waals surface area contributed by atoms with Crippen molar-refractivity contribution in [3.05, 3.63) is 35.4 Å². The van der Waals surface area contributed by atoms with E-state index in [0.29, 0.717) is 19.6 Å². The SMILES string of the molecule is COC(=O)CC(C)(CCC1OCCO1)c1ccc(C)cc1. The number of carbonyl (C=O) groups excluding carboxylic acids is 1. The van der Waals surface area contributed by atoms with Gasteiger partial charge in [-0.25, -0.2) is 0 Å². The Morgan fingerprint density at radius 3 is 2.48 bits per heavy atom. The van der Waals surface area contributed by atoms with Gasteiger partial charge in [0.15, 0.2) is 6.29 Å². The molecule has 4 heteroatoms. The van der Waals surface area contributed by atoms with Crippen LogP contribution < -0.4 is 0 Å². The van der Waals surface area contributed by atoms with Crippen LogP contribution in [0.2, 0.25) is 0 Å². The number of hydrogen-bond donors (Lipinski definition) is 0. The first-order valence-corrected chi connectivity index (χ1v) is 7.41. The van der Waals surface area contributed by atoms with E-state index in [-0.39, 0.29) is 17.7 Å². The molecule has 1 saturated heterocycles. The zero-order chi connectivity index (χ0) is 15.3. The second-order valence-electron chi connectivity index (χ2n) is 5.89. The van der Waals surface area contributed by atoms with Crippen molar-refractivity contribution in [3.63, 3.8) is 0 Å². The van der Waals surface area contributed by atoms with Gasteiger partial charge in [0.05, 0.1) is 26.7 Å². The van der Waals surface area contributed by atoms with E-state index in [1.807, 2.05) is 0 Å². The maximum atomic E-state index is 11.8. The Morgan fingerprint density at radius 1 is 1.29 bits per heavy atom. The summed E-state index contributed by atoms with van der Waals surface area (Å²) in [5.41, 5.74) is 2.09.